The van der Waals surface area contributed by atoms with Gasteiger partial charge in [-0.1, -0.05) is 30.3 Å². The van der Waals surface area contributed by atoms with Crippen LogP contribution >= 0.6 is 0 Å². The van der Waals surface area contributed by atoms with E-state index in [9.17, 15) is 9.59 Å². The number of hydrazone groups is 1. The Morgan fingerprint density at radius 3 is 2.35 bits per heavy atom. The standard InChI is InChI=1S/C24H28N4O3/c1-18(29)23-16-22(25-28(23)21-6-4-3-5-7-21)24(30)26(2)17-19-8-10-20(11-9-19)27-12-14-31-15-13-27/h3-11,23H,12-17H2,1-2H3. The van der Waals surface area contributed by atoms with E-state index in [2.05, 4.69) is 34.3 Å². The van der Waals surface area contributed by atoms with E-state index in [1.807, 2.05) is 30.3 Å². The lowest BCUT2D eigenvalue weighted by atomic mass is 10.1. The Bertz CT molecular complexity index is 953. The fourth-order valence-corrected chi connectivity index (χ4v) is 3.97. The SMILES string of the molecule is CC(=O)C1CC(C(=O)N(C)Cc2ccc(N3CCOCC3)cc2)=NN1c1ccccc1. The molecule has 1 saturated heterocycles. The van der Waals surface area contributed by atoms with Crippen molar-refractivity contribution >= 4 is 28.8 Å². The summed E-state index contributed by atoms with van der Waals surface area (Å²) in [4.78, 5) is 29.2. The molecule has 1 unspecified atom stereocenters. The van der Waals surface area contributed by atoms with Gasteiger partial charge in [0, 0.05) is 38.8 Å². The normalized spacial score (nSPS) is 18.6. The van der Waals surface area contributed by atoms with Crippen molar-refractivity contribution in [3.05, 3.63) is 60.2 Å². The lowest BCUT2D eigenvalue weighted by Crippen LogP contribution is -2.36. The average molecular weight is 421 g/mol. The van der Waals surface area contributed by atoms with Crippen LogP contribution in [0.15, 0.2) is 59.7 Å². The Balaban J connectivity index is 1.43. The van der Waals surface area contributed by atoms with Gasteiger partial charge < -0.3 is 14.5 Å². The molecular weight excluding hydrogens is 392 g/mol. The summed E-state index contributed by atoms with van der Waals surface area (Å²) in [6, 6.07) is 17.4. The van der Waals surface area contributed by atoms with E-state index < -0.39 is 6.04 Å². The lowest BCUT2D eigenvalue weighted by molar-refractivity contribution is -0.123. The molecule has 2 aliphatic heterocycles. The fraction of sp³-hybridized carbons (Fsp3) is 0.375. The molecule has 1 atom stereocenters. The third-order valence-corrected chi connectivity index (χ3v) is 5.73. The summed E-state index contributed by atoms with van der Waals surface area (Å²) in [5, 5.41) is 6.19. The smallest absolute Gasteiger partial charge is 0.270 e. The molecule has 7 nitrogen and oxygen atoms in total. The minimum Gasteiger partial charge on any atom is -0.378 e. The van der Waals surface area contributed by atoms with E-state index in [1.54, 1.807) is 23.9 Å². The van der Waals surface area contributed by atoms with Crippen molar-refractivity contribution in [1.82, 2.24) is 4.90 Å². The van der Waals surface area contributed by atoms with Crippen LogP contribution in [0.5, 0.6) is 0 Å². The highest BCUT2D eigenvalue weighted by molar-refractivity contribution is 6.40. The van der Waals surface area contributed by atoms with Crippen molar-refractivity contribution in [3.63, 3.8) is 0 Å². The summed E-state index contributed by atoms with van der Waals surface area (Å²) in [5.74, 6) is -0.154. The van der Waals surface area contributed by atoms with Crippen LogP contribution in [-0.2, 0) is 20.9 Å². The van der Waals surface area contributed by atoms with Gasteiger partial charge in [0.15, 0.2) is 5.78 Å². The molecule has 4 rings (SSSR count). The number of hydrogen-bond acceptors (Lipinski definition) is 6. The second-order valence-electron chi connectivity index (χ2n) is 7.98. The van der Waals surface area contributed by atoms with E-state index in [4.69, 9.17) is 4.74 Å². The summed E-state index contributed by atoms with van der Waals surface area (Å²) < 4.78 is 5.41. The van der Waals surface area contributed by atoms with Crippen LogP contribution in [-0.4, -0.2) is 61.7 Å². The molecule has 7 heteroatoms. The van der Waals surface area contributed by atoms with Gasteiger partial charge in [-0.25, -0.2) is 0 Å². The van der Waals surface area contributed by atoms with Crippen molar-refractivity contribution in [2.24, 2.45) is 5.10 Å². The maximum atomic E-state index is 13.0. The molecule has 2 aromatic rings. The largest absolute Gasteiger partial charge is 0.378 e. The van der Waals surface area contributed by atoms with E-state index in [-0.39, 0.29) is 11.7 Å². The van der Waals surface area contributed by atoms with Gasteiger partial charge >= 0.3 is 0 Å². The quantitative estimate of drug-likeness (QED) is 0.719. The number of hydrogen-bond donors (Lipinski definition) is 0. The summed E-state index contributed by atoms with van der Waals surface area (Å²) >= 11 is 0. The number of para-hydroxylation sites is 1. The second-order valence-corrected chi connectivity index (χ2v) is 7.98. The van der Waals surface area contributed by atoms with Gasteiger partial charge in [-0.2, -0.15) is 5.10 Å². The Labute approximate surface area is 182 Å². The molecule has 1 amide bonds. The zero-order valence-electron chi connectivity index (χ0n) is 18.0. The molecule has 0 aliphatic carbocycles. The van der Waals surface area contributed by atoms with E-state index in [1.165, 1.54) is 5.69 Å². The van der Waals surface area contributed by atoms with Gasteiger partial charge in [-0.15, -0.1) is 0 Å². The minimum atomic E-state index is -0.442. The molecule has 162 valence electrons. The number of Topliss-reactive ketones (excluding diaryl/α,β-unsaturated/α-hetero) is 1. The van der Waals surface area contributed by atoms with Gasteiger partial charge in [-0.05, 0) is 36.8 Å². The zero-order chi connectivity index (χ0) is 21.8. The summed E-state index contributed by atoms with van der Waals surface area (Å²) in [6.45, 7) is 5.32. The molecule has 2 aromatic carbocycles. The molecule has 31 heavy (non-hydrogen) atoms. The van der Waals surface area contributed by atoms with Crippen molar-refractivity contribution in [2.75, 3.05) is 43.3 Å². The zero-order valence-corrected chi connectivity index (χ0v) is 18.0. The first kappa shape index (κ1) is 21.1. The molecular formula is C24H28N4O3. The van der Waals surface area contributed by atoms with Gasteiger partial charge in [0.05, 0.1) is 18.9 Å². The Morgan fingerprint density at radius 1 is 1.03 bits per heavy atom. The number of morpholine rings is 1. The van der Waals surface area contributed by atoms with Crippen molar-refractivity contribution < 1.29 is 14.3 Å². The molecule has 0 saturated carbocycles. The van der Waals surface area contributed by atoms with Gasteiger partial charge in [-0.3, -0.25) is 14.6 Å². The van der Waals surface area contributed by atoms with Crippen LogP contribution in [0.1, 0.15) is 18.9 Å². The monoisotopic (exact) mass is 420 g/mol. The van der Waals surface area contributed by atoms with Crippen molar-refractivity contribution in [3.8, 4) is 0 Å². The van der Waals surface area contributed by atoms with Crippen LogP contribution in [0.3, 0.4) is 0 Å². The highest BCUT2D eigenvalue weighted by atomic mass is 16.5. The highest BCUT2D eigenvalue weighted by Gasteiger charge is 2.35. The van der Waals surface area contributed by atoms with Crippen LogP contribution in [0, 0.1) is 0 Å². The van der Waals surface area contributed by atoms with Crippen LogP contribution in [0.2, 0.25) is 0 Å². The van der Waals surface area contributed by atoms with Gasteiger partial charge in [0.25, 0.3) is 5.91 Å². The third-order valence-electron chi connectivity index (χ3n) is 5.73. The Hall–Kier alpha value is -3.19. The van der Waals surface area contributed by atoms with E-state index in [0.717, 1.165) is 37.6 Å². The van der Waals surface area contributed by atoms with Crippen molar-refractivity contribution in [1.29, 1.82) is 0 Å². The topological polar surface area (TPSA) is 65.5 Å². The summed E-state index contributed by atoms with van der Waals surface area (Å²) in [5.41, 5.74) is 3.45. The number of ketones is 1. The van der Waals surface area contributed by atoms with Crippen LogP contribution in [0.4, 0.5) is 11.4 Å². The van der Waals surface area contributed by atoms with Crippen molar-refractivity contribution in [2.45, 2.75) is 25.9 Å². The predicted molar refractivity (Wildman–Crippen MR) is 121 cm³/mol. The first-order valence-corrected chi connectivity index (χ1v) is 10.6. The molecule has 1 fully saturated rings. The number of carbonyl (C=O) groups is 2. The maximum absolute atomic E-state index is 13.0. The van der Waals surface area contributed by atoms with E-state index in [0.29, 0.717) is 18.7 Å². The minimum absolute atomic E-state index is 0.00300. The predicted octanol–water partition coefficient (Wildman–Crippen LogP) is 2.71. The average Bonchev–Trinajstić information content (AvgIpc) is 3.26. The first-order chi connectivity index (χ1) is 15.0. The molecule has 0 spiro atoms. The lowest BCUT2D eigenvalue weighted by Gasteiger charge is -2.29. The summed E-state index contributed by atoms with van der Waals surface area (Å²) in [7, 11) is 1.77. The molecule has 0 N–H and O–H groups in total. The first-order valence-electron chi connectivity index (χ1n) is 10.6. The number of benzene rings is 2. The summed E-state index contributed by atoms with van der Waals surface area (Å²) in [6.07, 6.45) is 0.323. The van der Waals surface area contributed by atoms with Gasteiger partial charge in [0.2, 0.25) is 0 Å². The number of anilines is 2. The molecule has 0 bridgehead atoms. The number of nitrogens with zero attached hydrogens (tertiary/aromatic N) is 4. The maximum Gasteiger partial charge on any atom is 0.270 e. The molecule has 0 aromatic heterocycles. The number of rotatable bonds is 6. The van der Waals surface area contributed by atoms with Crippen LogP contribution in [0.25, 0.3) is 0 Å². The molecule has 2 aliphatic rings. The Kier molecular flexibility index (Phi) is 6.32. The number of ether oxygens (including phenoxy) is 1. The van der Waals surface area contributed by atoms with Gasteiger partial charge in [0.1, 0.15) is 11.8 Å². The molecule has 2 heterocycles. The van der Waals surface area contributed by atoms with E-state index >= 15 is 0 Å². The fourth-order valence-electron chi connectivity index (χ4n) is 3.97. The second kappa shape index (κ2) is 9.31. The number of carbonyl (C=O) groups excluding carboxylic acids is 2. The Morgan fingerprint density at radius 2 is 1.71 bits per heavy atom. The van der Waals surface area contributed by atoms with Crippen LogP contribution < -0.4 is 9.91 Å². The third kappa shape index (κ3) is 4.77. The highest BCUT2D eigenvalue weighted by Crippen LogP contribution is 2.26. The molecule has 0 radical (unpaired) electrons. The number of amides is 1.